The normalized spacial score (nSPS) is 10.2. The highest BCUT2D eigenvalue weighted by atomic mass is 16.1. The number of benzene rings is 3. The summed E-state index contributed by atoms with van der Waals surface area (Å²) < 4.78 is 0. The van der Waals surface area contributed by atoms with Crippen LogP contribution in [0.25, 0.3) is 0 Å². The van der Waals surface area contributed by atoms with Crippen LogP contribution in [-0.4, -0.2) is 6.41 Å². The fraction of sp³-hybridized carbons (Fsp3) is 0.0500. The molecule has 0 fully saturated rings. The summed E-state index contributed by atoms with van der Waals surface area (Å²) in [7, 11) is 0. The van der Waals surface area contributed by atoms with E-state index in [1.54, 1.807) is 0 Å². The van der Waals surface area contributed by atoms with Crippen molar-refractivity contribution < 1.29 is 4.79 Å². The van der Waals surface area contributed by atoms with E-state index in [1.165, 1.54) is 16.0 Å². The highest BCUT2D eigenvalue weighted by Crippen LogP contribution is 2.24. The molecule has 107 valence electrons. The Morgan fingerprint density at radius 1 is 0.636 bits per heavy atom. The van der Waals surface area contributed by atoms with Crippen molar-refractivity contribution in [2.45, 2.75) is 6.42 Å². The minimum absolute atomic E-state index is 0.813. The van der Waals surface area contributed by atoms with Crippen LogP contribution < -0.4 is 4.90 Å². The molecular formula is C20H16NO. The zero-order valence-electron chi connectivity index (χ0n) is 12.1. The van der Waals surface area contributed by atoms with Crippen LogP contribution in [0.4, 0.5) is 11.4 Å². The molecule has 0 bridgehead atoms. The molecule has 0 aliphatic rings. The fourth-order valence-corrected chi connectivity index (χ4v) is 2.43. The van der Waals surface area contributed by atoms with Gasteiger partial charge in [-0.3, -0.25) is 9.69 Å². The Morgan fingerprint density at radius 2 is 1.14 bits per heavy atom. The first-order chi connectivity index (χ1) is 10.9. The van der Waals surface area contributed by atoms with E-state index < -0.39 is 0 Å². The van der Waals surface area contributed by atoms with E-state index in [1.807, 2.05) is 67.1 Å². The van der Waals surface area contributed by atoms with Crippen molar-refractivity contribution in [2.75, 3.05) is 4.90 Å². The number of amides is 1. The highest BCUT2D eigenvalue weighted by Gasteiger charge is 2.08. The smallest absolute Gasteiger partial charge is 0.273 e. The lowest BCUT2D eigenvalue weighted by Gasteiger charge is -2.16. The highest BCUT2D eigenvalue weighted by molar-refractivity contribution is 5.86. The van der Waals surface area contributed by atoms with Gasteiger partial charge in [0.15, 0.2) is 0 Å². The van der Waals surface area contributed by atoms with Gasteiger partial charge in [0.05, 0.1) is 0 Å². The molecule has 0 heterocycles. The summed E-state index contributed by atoms with van der Waals surface area (Å²) in [6.07, 6.45) is 2.87. The molecule has 0 aliphatic heterocycles. The third-order valence-electron chi connectivity index (χ3n) is 3.55. The average Bonchev–Trinajstić information content (AvgIpc) is 2.59. The van der Waals surface area contributed by atoms with Crippen molar-refractivity contribution in [3.05, 3.63) is 96.1 Å². The number of hydrogen-bond donors (Lipinski definition) is 0. The van der Waals surface area contributed by atoms with E-state index in [0.29, 0.717) is 0 Å². The summed E-state index contributed by atoms with van der Waals surface area (Å²) in [6.45, 7) is 0. The summed E-state index contributed by atoms with van der Waals surface area (Å²) in [5, 5.41) is 0. The van der Waals surface area contributed by atoms with Crippen molar-refractivity contribution in [3.8, 4) is 0 Å². The SMILES string of the molecule is O=[C]N(c1ccccc1)c1ccc(Cc2ccccc2)cc1. The minimum atomic E-state index is 0.813. The average molecular weight is 286 g/mol. The van der Waals surface area contributed by atoms with Crippen LogP contribution in [0.5, 0.6) is 0 Å². The molecule has 0 spiro atoms. The Bertz CT molecular complexity index is 721. The molecule has 0 N–H and O–H groups in total. The number of para-hydroxylation sites is 1. The van der Waals surface area contributed by atoms with Crippen molar-refractivity contribution in [1.82, 2.24) is 0 Å². The van der Waals surface area contributed by atoms with Gasteiger partial charge in [-0.05, 0) is 41.8 Å². The molecule has 3 aromatic rings. The number of anilines is 2. The van der Waals surface area contributed by atoms with Crippen molar-refractivity contribution in [2.24, 2.45) is 0 Å². The summed E-state index contributed by atoms with van der Waals surface area (Å²) in [5.74, 6) is 0. The van der Waals surface area contributed by atoms with E-state index in [4.69, 9.17) is 0 Å². The first-order valence-electron chi connectivity index (χ1n) is 7.22. The number of nitrogens with zero attached hydrogens (tertiary/aromatic N) is 1. The molecule has 3 rings (SSSR count). The first kappa shape index (κ1) is 14.1. The van der Waals surface area contributed by atoms with E-state index in [2.05, 4.69) is 24.3 Å². The Labute approximate surface area is 130 Å². The first-order valence-corrected chi connectivity index (χ1v) is 7.22. The van der Waals surface area contributed by atoms with Gasteiger partial charge in [0.1, 0.15) is 0 Å². The molecule has 0 saturated carbocycles. The predicted molar refractivity (Wildman–Crippen MR) is 90.0 cm³/mol. The molecule has 0 unspecified atom stereocenters. The summed E-state index contributed by atoms with van der Waals surface area (Å²) in [6, 6.07) is 27.9. The maximum Gasteiger partial charge on any atom is 0.321 e. The van der Waals surface area contributed by atoms with Crippen LogP contribution in [0.15, 0.2) is 84.9 Å². The monoisotopic (exact) mass is 286 g/mol. The van der Waals surface area contributed by atoms with Crippen molar-refractivity contribution >= 4 is 17.8 Å². The van der Waals surface area contributed by atoms with Crippen LogP contribution in [0.1, 0.15) is 11.1 Å². The topological polar surface area (TPSA) is 20.3 Å². The molecule has 22 heavy (non-hydrogen) atoms. The molecule has 2 heteroatoms. The minimum Gasteiger partial charge on any atom is -0.273 e. The van der Waals surface area contributed by atoms with E-state index >= 15 is 0 Å². The number of carbonyl (C=O) groups excluding carboxylic acids is 1. The van der Waals surface area contributed by atoms with Crippen LogP contribution in [0, 0.1) is 0 Å². The van der Waals surface area contributed by atoms with Crippen LogP contribution in [0.3, 0.4) is 0 Å². The Balaban J connectivity index is 1.80. The van der Waals surface area contributed by atoms with Gasteiger partial charge in [0, 0.05) is 11.4 Å². The maximum absolute atomic E-state index is 11.3. The Morgan fingerprint density at radius 3 is 1.73 bits per heavy atom. The molecule has 2 nitrogen and oxygen atoms in total. The fourth-order valence-electron chi connectivity index (χ4n) is 2.43. The van der Waals surface area contributed by atoms with Crippen LogP contribution in [0.2, 0.25) is 0 Å². The zero-order valence-corrected chi connectivity index (χ0v) is 12.1. The van der Waals surface area contributed by atoms with E-state index in [0.717, 1.165) is 17.8 Å². The molecular weight excluding hydrogens is 270 g/mol. The van der Waals surface area contributed by atoms with Crippen molar-refractivity contribution in [1.29, 1.82) is 0 Å². The second kappa shape index (κ2) is 6.72. The van der Waals surface area contributed by atoms with Gasteiger partial charge >= 0.3 is 6.41 Å². The molecule has 0 aromatic heterocycles. The van der Waals surface area contributed by atoms with Gasteiger partial charge < -0.3 is 0 Å². The number of hydrogen-bond acceptors (Lipinski definition) is 1. The Hall–Kier alpha value is -2.87. The summed E-state index contributed by atoms with van der Waals surface area (Å²) in [4.78, 5) is 12.8. The predicted octanol–water partition coefficient (Wildman–Crippen LogP) is 4.48. The second-order valence-electron chi connectivity index (χ2n) is 5.09. The second-order valence-corrected chi connectivity index (χ2v) is 5.09. The lowest BCUT2D eigenvalue weighted by atomic mass is 10.0. The van der Waals surface area contributed by atoms with Crippen LogP contribution >= 0.6 is 0 Å². The number of rotatable bonds is 5. The molecule has 0 saturated heterocycles. The third-order valence-corrected chi connectivity index (χ3v) is 3.55. The molecule has 3 aromatic carbocycles. The largest absolute Gasteiger partial charge is 0.321 e. The van der Waals surface area contributed by atoms with Crippen molar-refractivity contribution in [3.63, 3.8) is 0 Å². The van der Waals surface area contributed by atoms with Gasteiger partial charge in [-0.15, -0.1) is 0 Å². The molecule has 1 radical (unpaired) electrons. The van der Waals surface area contributed by atoms with Gasteiger partial charge in [0.25, 0.3) is 0 Å². The standard InChI is InChI=1S/C20H16NO/c22-16-21(19-9-5-2-6-10-19)20-13-11-18(12-14-20)15-17-7-3-1-4-8-17/h1-14H,15H2. The molecule has 0 atom stereocenters. The quantitative estimate of drug-likeness (QED) is 0.633. The maximum atomic E-state index is 11.3. The van der Waals surface area contributed by atoms with E-state index in [-0.39, 0.29) is 0 Å². The zero-order chi connectivity index (χ0) is 15.2. The molecule has 1 amide bonds. The summed E-state index contributed by atoms with van der Waals surface area (Å²) in [5.41, 5.74) is 4.12. The van der Waals surface area contributed by atoms with Gasteiger partial charge in [-0.25, -0.2) is 0 Å². The summed E-state index contributed by atoms with van der Waals surface area (Å²) >= 11 is 0. The third kappa shape index (κ3) is 3.23. The molecule has 0 aliphatic carbocycles. The lowest BCUT2D eigenvalue weighted by Crippen LogP contribution is -2.13. The van der Waals surface area contributed by atoms with Gasteiger partial charge in [-0.1, -0.05) is 60.7 Å². The van der Waals surface area contributed by atoms with E-state index in [9.17, 15) is 4.79 Å². The van der Waals surface area contributed by atoms with Gasteiger partial charge in [-0.2, -0.15) is 0 Å². The van der Waals surface area contributed by atoms with Gasteiger partial charge in [0.2, 0.25) is 0 Å². The van der Waals surface area contributed by atoms with Crippen LogP contribution in [-0.2, 0) is 11.2 Å². The Kier molecular flexibility index (Phi) is 4.30. The lowest BCUT2D eigenvalue weighted by molar-refractivity contribution is 0.556.